The molecule has 0 fully saturated rings. The van der Waals surface area contributed by atoms with Crippen LogP contribution < -0.4 is 10.1 Å². The lowest BCUT2D eigenvalue weighted by atomic mass is 10.1. The zero-order chi connectivity index (χ0) is 19.1. The second kappa shape index (κ2) is 9.75. The first kappa shape index (κ1) is 19.7. The third-order valence-electron chi connectivity index (χ3n) is 4.23. The lowest BCUT2D eigenvalue weighted by Gasteiger charge is -2.13. The van der Waals surface area contributed by atoms with Crippen LogP contribution in [0.25, 0.3) is 0 Å². The van der Waals surface area contributed by atoms with Crippen molar-refractivity contribution in [1.29, 1.82) is 0 Å². The van der Waals surface area contributed by atoms with Crippen LogP contribution in [0.3, 0.4) is 0 Å². The second-order valence-electron chi connectivity index (χ2n) is 6.15. The van der Waals surface area contributed by atoms with Gasteiger partial charge in [-0.05, 0) is 48.9 Å². The van der Waals surface area contributed by atoms with E-state index in [1.807, 2.05) is 48.5 Å². The lowest BCUT2D eigenvalue weighted by Crippen LogP contribution is -2.17. The molecular weight excluding hydrogens is 384 g/mol. The summed E-state index contributed by atoms with van der Waals surface area (Å²) in [4.78, 5) is 0. The summed E-state index contributed by atoms with van der Waals surface area (Å²) < 4.78 is 19.7. The highest BCUT2D eigenvalue weighted by Crippen LogP contribution is 2.23. The molecule has 0 heterocycles. The van der Waals surface area contributed by atoms with Crippen molar-refractivity contribution in [2.24, 2.45) is 0 Å². The van der Waals surface area contributed by atoms with E-state index in [1.54, 1.807) is 12.1 Å². The number of para-hydroxylation sites is 1. The fourth-order valence-corrected chi connectivity index (χ4v) is 3.06. The molecule has 0 spiro atoms. The minimum Gasteiger partial charge on any atom is -0.488 e. The number of nitrogens with one attached hydrogen (secondary N) is 1. The Hall–Kier alpha value is -2.07. The lowest BCUT2D eigenvalue weighted by molar-refractivity contribution is 0.296. The van der Waals surface area contributed by atoms with Crippen molar-refractivity contribution in [2.75, 3.05) is 6.54 Å². The van der Waals surface area contributed by atoms with E-state index in [0.29, 0.717) is 17.1 Å². The van der Waals surface area contributed by atoms with Crippen LogP contribution in [0.1, 0.15) is 16.7 Å². The van der Waals surface area contributed by atoms with Crippen molar-refractivity contribution in [3.8, 4) is 5.75 Å². The maximum Gasteiger partial charge on any atom is 0.131 e. The van der Waals surface area contributed by atoms with Gasteiger partial charge in [0.15, 0.2) is 0 Å². The maximum atomic E-state index is 13.9. The Labute approximate surface area is 168 Å². The Morgan fingerprint density at radius 2 is 1.67 bits per heavy atom. The van der Waals surface area contributed by atoms with Gasteiger partial charge in [-0.15, -0.1) is 0 Å². The van der Waals surface area contributed by atoms with Gasteiger partial charge in [0.25, 0.3) is 0 Å². The third kappa shape index (κ3) is 5.70. The van der Waals surface area contributed by atoms with Crippen molar-refractivity contribution in [2.45, 2.75) is 19.6 Å². The van der Waals surface area contributed by atoms with Crippen molar-refractivity contribution in [1.82, 2.24) is 5.32 Å². The summed E-state index contributed by atoms with van der Waals surface area (Å²) >= 11 is 12.0. The number of halogens is 3. The first-order valence-electron chi connectivity index (χ1n) is 8.72. The fraction of sp³-hybridized carbons (Fsp3) is 0.182. The Balaban J connectivity index is 1.55. The molecule has 0 aromatic heterocycles. The molecule has 0 aliphatic rings. The number of hydrogen-bond acceptors (Lipinski definition) is 2. The van der Waals surface area contributed by atoms with Gasteiger partial charge in [0, 0.05) is 22.7 Å². The average molecular weight is 404 g/mol. The average Bonchev–Trinajstić information content (AvgIpc) is 2.67. The van der Waals surface area contributed by atoms with E-state index in [4.69, 9.17) is 27.9 Å². The molecule has 0 unspecified atom stereocenters. The predicted octanol–water partition coefficient (Wildman–Crippen LogP) is 6.04. The van der Waals surface area contributed by atoms with Crippen LogP contribution in [0.15, 0.2) is 66.7 Å². The summed E-state index contributed by atoms with van der Waals surface area (Å²) in [7, 11) is 0. The van der Waals surface area contributed by atoms with Crippen LogP contribution in [-0.4, -0.2) is 6.54 Å². The molecule has 3 rings (SSSR count). The highest BCUT2D eigenvalue weighted by Gasteiger charge is 2.09. The molecule has 0 atom stereocenters. The van der Waals surface area contributed by atoms with Crippen LogP contribution in [0, 0.1) is 5.82 Å². The predicted molar refractivity (Wildman–Crippen MR) is 109 cm³/mol. The van der Waals surface area contributed by atoms with E-state index in [1.165, 1.54) is 11.6 Å². The normalized spacial score (nSPS) is 10.8. The summed E-state index contributed by atoms with van der Waals surface area (Å²) in [5, 5.41) is 4.53. The van der Waals surface area contributed by atoms with Gasteiger partial charge in [-0.3, -0.25) is 0 Å². The minimum atomic E-state index is -0.360. The van der Waals surface area contributed by atoms with Crippen LogP contribution in [0.4, 0.5) is 4.39 Å². The smallest absolute Gasteiger partial charge is 0.131 e. The molecule has 0 aliphatic carbocycles. The van der Waals surface area contributed by atoms with E-state index in [-0.39, 0.29) is 12.4 Å². The maximum absolute atomic E-state index is 13.9. The number of ether oxygens (including phenoxy) is 1. The van der Waals surface area contributed by atoms with Crippen LogP contribution in [-0.2, 0) is 19.6 Å². The third-order valence-corrected chi connectivity index (χ3v) is 4.83. The summed E-state index contributed by atoms with van der Waals surface area (Å²) in [6, 6.07) is 20.2. The van der Waals surface area contributed by atoms with Crippen LogP contribution in [0.5, 0.6) is 5.75 Å². The van der Waals surface area contributed by atoms with Gasteiger partial charge in [-0.2, -0.15) is 0 Å². The van der Waals surface area contributed by atoms with Gasteiger partial charge in [0.05, 0.1) is 5.02 Å². The molecule has 5 heteroatoms. The van der Waals surface area contributed by atoms with E-state index in [0.717, 1.165) is 29.3 Å². The van der Waals surface area contributed by atoms with E-state index >= 15 is 0 Å². The van der Waals surface area contributed by atoms with Crippen molar-refractivity contribution < 1.29 is 9.13 Å². The van der Waals surface area contributed by atoms with E-state index in [2.05, 4.69) is 5.32 Å². The number of rotatable bonds is 8. The van der Waals surface area contributed by atoms with Crippen molar-refractivity contribution >= 4 is 23.2 Å². The molecule has 2 nitrogen and oxygen atoms in total. The largest absolute Gasteiger partial charge is 0.488 e. The topological polar surface area (TPSA) is 21.3 Å². The summed E-state index contributed by atoms with van der Waals surface area (Å²) in [5.74, 6) is 0.358. The first-order valence-corrected chi connectivity index (χ1v) is 9.48. The molecule has 0 saturated carbocycles. The van der Waals surface area contributed by atoms with Gasteiger partial charge in [-0.1, -0.05) is 59.6 Å². The zero-order valence-electron chi connectivity index (χ0n) is 14.7. The molecule has 0 bridgehead atoms. The Kier molecular flexibility index (Phi) is 7.11. The zero-order valence-corrected chi connectivity index (χ0v) is 16.2. The SMILES string of the molecule is Fc1cccc(Cl)c1COc1ccccc1CNCCc1ccc(Cl)cc1. The number of hydrogen-bond donors (Lipinski definition) is 1. The second-order valence-corrected chi connectivity index (χ2v) is 6.99. The molecule has 0 amide bonds. The molecule has 0 saturated heterocycles. The molecular formula is C22H20Cl2FNO. The number of benzene rings is 3. The Morgan fingerprint density at radius 1 is 0.889 bits per heavy atom. The van der Waals surface area contributed by atoms with Gasteiger partial charge in [-0.25, -0.2) is 4.39 Å². The molecule has 27 heavy (non-hydrogen) atoms. The van der Waals surface area contributed by atoms with Crippen LogP contribution >= 0.6 is 23.2 Å². The van der Waals surface area contributed by atoms with Gasteiger partial charge in [0.2, 0.25) is 0 Å². The van der Waals surface area contributed by atoms with Crippen molar-refractivity contribution in [3.63, 3.8) is 0 Å². The molecule has 0 radical (unpaired) electrons. The van der Waals surface area contributed by atoms with Crippen LogP contribution in [0.2, 0.25) is 10.0 Å². The highest BCUT2D eigenvalue weighted by atomic mass is 35.5. The highest BCUT2D eigenvalue weighted by molar-refractivity contribution is 6.31. The van der Waals surface area contributed by atoms with Gasteiger partial charge < -0.3 is 10.1 Å². The summed E-state index contributed by atoms with van der Waals surface area (Å²) in [6.45, 7) is 1.58. The van der Waals surface area contributed by atoms with E-state index < -0.39 is 0 Å². The Bertz CT molecular complexity index is 863. The van der Waals surface area contributed by atoms with Gasteiger partial charge in [0.1, 0.15) is 18.2 Å². The molecule has 3 aromatic carbocycles. The molecule has 140 valence electrons. The monoisotopic (exact) mass is 403 g/mol. The minimum absolute atomic E-state index is 0.0906. The summed E-state index contributed by atoms with van der Waals surface area (Å²) in [5.41, 5.74) is 2.61. The quantitative estimate of drug-likeness (QED) is 0.462. The molecule has 1 N–H and O–H groups in total. The van der Waals surface area contributed by atoms with Gasteiger partial charge >= 0.3 is 0 Å². The fourth-order valence-electron chi connectivity index (χ4n) is 2.72. The molecule has 0 aliphatic heterocycles. The standard InChI is InChI=1S/C22H20Cl2FNO/c23-18-10-8-16(9-11-18)12-13-26-14-17-4-1-2-7-22(17)27-15-19-20(24)5-3-6-21(19)25/h1-11,26H,12-15H2. The molecule has 3 aromatic rings. The first-order chi connectivity index (χ1) is 13.1. The van der Waals surface area contributed by atoms with E-state index in [9.17, 15) is 4.39 Å². The van der Waals surface area contributed by atoms with Crippen molar-refractivity contribution in [3.05, 3.63) is 99.3 Å². The summed E-state index contributed by atoms with van der Waals surface area (Å²) in [6.07, 6.45) is 0.908. The Morgan fingerprint density at radius 3 is 2.44 bits per heavy atom.